The lowest BCUT2D eigenvalue weighted by atomic mass is 9.82. The Bertz CT molecular complexity index is 217. The number of carboxylic acids is 1. The quantitative estimate of drug-likeness (QED) is 0.684. The van der Waals surface area contributed by atoms with Crippen molar-refractivity contribution >= 4 is 5.97 Å². The van der Waals surface area contributed by atoms with E-state index in [1.54, 1.807) is 0 Å². The maximum absolute atomic E-state index is 11.3. The van der Waals surface area contributed by atoms with Crippen LogP contribution in [0.1, 0.15) is 25.7 Å². The lowest BCUT2D eigenvalue weighted by Crippen LogP contribution is -2.63. The van der Waals surface area contributed by atoms with E-state index in [-0.39, 0.29) is 5.92 Å². The summed E-state index contributed by atoms with van der Waals surface area (Å²) in [7, 11) is 0. The average molecular weight is 199 g/mol. The first-order valence-electron chi connectivity index (χ1n) is 5.32. The molecule has 1 aliphatic carbocycles. The van der Waals surface area contributed by atoms with Gasteiger partial charge >= 0.3 is 5.97 Å². The first-order chi connectivity index (χ1) is 6.76. The van der Waals surface area contributed by atoms with E-state index in [1.165, 1.54) is 0 Å². The molecule has 1 aliphatic heterocycles. The van der Waals surface area contributed by atoms with Crippen LogP contribution in [-0.4, -0.2) is 36.4 Å². The van der Waals surface area contributed by atoms with Crippen molar-refractivity contribution in [3.05, 3.63) is 0 Å². The molecule has 1 saturated heterocycles. The van der Waals surface area contributed by atoms with Crippen molar-refractivity contribution in [1.29, 1.82) is 0 Å². The van der Waals surface area contributed by atoms with Gasteiger partial charge in [0.15, 0.2) is 0 Å². The minimum Gasteiger partial charge on any atom is -0.480 e. The third-order valence-electron chi connectivity index (χ3n) is 3.45. The molecule has 1 unspecified atom stereocenters. The minimum atomic E-state index is -0.797. The Morgan fingerprint density at radius 3 is 2.64 bits per heavy atom. The lowest BCUT2D eigenvalue weighted by Gasteiger charge is -2.38. The van der Waals surface area contributed by atoms with Gasteiger partial charge < -0.3 is 9.84 Å². The van der Waals surface area contributed by atoms with Gasteiger partial charge in [-0.05, 0) is 18.8 Å². The highest BCUT2D eigenvalue weighted by atomic mass is 16.5. The van der Waals surface area contributed by atoms with Gasteiger partial charge in [-0.2, -0.15) is 0 Å². The maximum Gasteiger partial charge on any atom is 0.326 e. The molecule has 2 fully saturated rings. The molecule has 2 aliphatic rings. The standard InChI is InChI=1S/C10H17NO3/c12-9(13)10(7-14-6-5-11-10)8-3-1-2-4-8/h8,11H,1-7H2,(H,12,13). The first kappa shape index (κ1) is 9.93. The fourth-order valence-electron chi connectivity index (χ4n) is 2.62. The Morgan fingerprint density at radius 1 is 1.43 bits per heavy atom. The van der Waals surface area contributed by atoms with Crippen molar-refractivity contribution in [2.45, 2.75) is 31.2 Å². The molecule has 0 bridgehead atoms. The number of ether oxygens (including phenoxy) is 1. The fourth-order valence-corrected chi connectivity index (χ4v) is 2.62. The summed E-state index contributed by atoms with van der Waals surface area (Å²) in [6, 6.07) is 0. The van der Waals surface area contributed by atoms with Crippen LogP contribution in [0.5, 0.6) is 0 Å². The van der Waals surface area contributed by atoms with Gasteiger partial charge in [-0.3, -0.25) is 10.1 Å². The fraction of sp³-hybridized carbons (Fsp3) is 0.900. The van der Waals surface area contributed by atoms with Gasteiger partial charge in [0.1, 0.15) is 5.54 Å². The Morgan fingerprint density at radius 2 is 2.14 bits per heavy atom. The predicted octanol–water partition coefficient (Wildman–Crippen LogP) is 0.620. The molecule has 1 saturated carbocycles. The van der Waals surface area contributed by atoms with E-state index in [1.807, 2.05) is 0 Å². The molecular weight excluding hydrogens is 182 g/mol. The average Bonchev–Trinajstić information content (AvgIpc) is 2.72. The van der Waals surface area contributed by atoms with E-state index in [4.69, 9.17) is 4.74 Å². The molecule has 2 N–H and O–H groups in total. The molecule has 0 amide bonds. The molecule has 0 radical (unpaired) electrons. The Hall–Kier alpha value is -0.610. The summed E-state index contributed by atoms with van der Waals surface area (Å²) >= 11 is 0. The molecule has 0 spiro atoms. The zero-order valence-electron chi connectivity index (χ0n) is 8.29. The molecule has 1 atom stereocenters. The van der Waals surface area contributed by atoms with E-state index in [0.717, 1.165) is 25.7 Å². The van der Waals surface area contributed by atoms with Gasteiger partial charge in [0, 0.05) is 6.54 Å². The number of nitrogens with one attached hydrogen (secondary N) is 1. The van der Waals surface area contributed by atoms with Crippen LogP contribution in [-0.2, 0) is 9.53 Å². The molecule has 1 heterocycles. The molecule has 4 nitrogen and oxygen atoms in total. The highest BCUT2D eigenvalue weighted by Crippen LogP contribution is 2.35. The summed E-state index contributed by atoms with van der Waals surface area (Å²) in [4.78, 5) is 11.3. The second-order valence-electron chi connectivity index (χ2n) is 4.24. The van der Waals surface area contributed by atoms with Crippen LogP contribution in [0.4, 0.5) is 0 Å². The number of aliphatic carboxylic acids is 1. The number of carbonyl (C=O) groups is 1. The SMILES string of the molecule is O=C(O)C1(C2CCCC2)COCCN1. The lowest BCUT2D eigenvalue weighted by molar-refractivity contribution is -0.154. The van der Waals surface area contributed by atoms with Crippen LogP contribution in [0.25, 0.3) is 0 Å². The van der Waals surface area contributed by atoms with Gasteiger partial charge in [-0.25, -0.2) is 0 Å². The Balaban J connectivity index is 2.15. The minimum absolute atomic E-state index is 0.250. The van der Waals surface area contributed by atoms with E-state index in [9.17, 15) is 9.90 Å². The van der Waals surface area contributed by atoms with Crippen molar-refractivity contribution in [2.75, 3.05) is 19.8 Å². The number of morpholine rings is 1. The molecule has 4 heteroatoms. The van der Waals surface area contributed by atoms with Crippen LogP contribution in [0, 0.1) is 5.92 Å². The number of rotatable bonds is 2. The van der Waals surface area contributed by atoms with Crippen molar-refractivity contribution in [2.24, 2.45) is 5.92 Å². The normalized spacial score (nSPS) is 34.6. The Kier molecular flexibility index (Phi) is 2.74. The monoisotopic (exact) mass is 199 g/mol. The van der Waals surface area contributed by atoms with Crippen LogP contribution < -0.4 is 5.32 Å². The van der Waals surface area contributed by atoms with Crippen LogP contribution in [0.3, 0.4) is 0 Å². The Labute approximate surface area is 83.6 Å². The summed E-state index contributed by atoms with van der Waals surface area (Å²) in [5.41, 5.74) is -0.797. The van der Waals surface area contributed by atoms with Crippen LogP contribution in [0.2, 0.25) is 0 Å². The summed E-state index contributed by atoms with van der Waals surface area (Å²) in [5, 5.41) is 12.5. The zero-order valence-corrected chi connectivity index (χ0v) is 8.29. The van der Waals surface area contributed by atoms with E-state index >= 15 is 0 Å². The third-order valence-corrected chi connectivity index (χ3v) is 3.45. The first-order valence-corrected chi connectivity index (χ1v) is 5.32. The summed E-state index contributed by atoms with van der Waals surface area (Å²) in [5.74, 6) is -0.496. The highest BCUT2D eigenvalue weighted by molar-refractivity contribution is 5.79. The maximum atomic E-state index is 11.3. The molecule has 0 aromatic heterocycles. The van der Waals surface area contributed by atoms with Crippen molar-refractivity contribution in [1.82, 2.24) is 5.32 Å². The zero-order chi connectivity index (χ0) is 10.0. The van der Waals surface area contributed by atoms with Crippen LogP contribution in [0.15, 0.2) is 0 Å². The van der Waals surface area contributed by atoms with Crippen LogP contribution >= 0.6 is 0 Å². The summed E-state index contributed by atoms with van der Waals surface area (Å²) in [6.07, 6.45) is 4.34. The van der Waals surface area contributed by atoms with Gasteiger partial charge in [0.2, 0.25) is 0 Å². The molecule has 14 heavy (non-hydrogen) atoms. The molecule has 0 aromatic carbocycles. The predicted molar refractivity (Wildman–Crippen MR) is 51.1 cm³/mol. The van der Waals surface area contributed by atoms with Gasteiger partial charge in [0.25, 0.3) is 0 Å². The van der Waals surface area contributed by atoms with E-state index in [2.05, 4.69) is 5.32 Å². The smallest absolute Gasteiger partial charge is 0.326 e. The molecule has 0 aromatic rings. The molecular formula is C10H17NO3. The number of hydrogen-bond acceptors (Lipinski definition) is 3. The van der Waals surface area contributed by atoms with Crippen molar-refractivity contribution in [3.63, 3.8) is 0 Å². The van der Waals surface area contributed by atoms with Gasteiger partial charge in [-0.1, -0.05) is 12.8 Å². The largest absolute Gasteiger partial charge is 0.480 e. The van der Waals surface area contributed by atoms with Gasteiger partial charge in [0.05, 0.1) is 13.2 Å². The topological polar surface area (TPSA) is 58.6 Å². The summed E-state index contributed by atoms with van der Waals surface area (Å²) in [6.45, 7) is 1.61. The second-order valence-corrected chi connectivity index (χ2v) is 4.24. The number of carboxylic acid groups (broad SMARTS) is 1. The molecule has 2 rings (SSSR count). The van der Waals surface area contributed by atoms with Crippen molar-refractivity contribution < 1.29 is 14.6 Å². The second kappa shape index (κ2) is 3.87. The summed E-state index contributed by atoms with van der Waals surface area (Å²) < 4.78 is 5.32. The van der Waals surface area contributed by atoms with E-state index in [0.29, 0.717) is 19.8 Å². The van der Waals surface area contributed by atoms with Crippen molar-refractivity contribution in [3.8, 4) is 0 Å². The van der Waals surface area contributed by atoms with E-state index < -0.39 is 11.5 Å². The highest BCUT2D eigenvalue weighted by Gasteiger charge is 2.48. The third kappa shape index (κ3) is 1.53. The number of hydrogen-bond donors (Lipinski definition) is 2. The van der Waals surface area contributed by atoms with Gasteiger partial charge in [-0.15, -0.1) is 0 Å². The molecule has 80 valence electrons.